The lowest BCUT2D eigenvalue weighted by atomic mass is 10.1. The maximum absolute atomic E-state index is 12.2. The Morgan fingerprint density at radius 2 is 2.22 bits per heavy atom. The van der Waals surface area contributed by atoms with E-state index >= 15 is 0 Å². The Morgan fingerprint density at radius 3 is 3.00 bits per heavy atom. The summed E-state index contributed by atoms with van der Waals surface area (Å²) in [6.07, 6.45) is 4.21. The van der Waals surface area contributed by atoms with E-state index in [-0.39, 0.29) is 18.3 Å². The van der Waals surface area contributed by atoms with Crippen LogP contribution < -0.4 is 5.32 Å². The molecule has 2 saturated heterocycles. The fourth-order valence-electron chi connectivity index (χ4n) is 2.85. The lowest BCUT2D eigenvalue weighted by Crippen LogP contribution is -2.39. The molecule has 100 valence electrons. The second kappa shape index (κ2) is 6.04. The molecule has 2 bridgehead atoms. The first-order chi connectivity index (χ1) is 8.31. The van der Waals surface area contributed by atoms with Crippen molar-refractivity contribution >= 4 is 29.7 Å². The predicted octanol–water partition coefficient (Wildman–Crippen LogP) is 2.07. The fraction of sp³-hybridized carbons (Fsp3) is 0.615. The third-order valence-electron chi connectivity index (χ3n) is 3.81. The molecule has 0 saturated carbocycles. The van der Waals surface area contributed by atoms with Gasteiger partial charge in [0, 0.05) is 25.2 Å². The molecule has 1 N–H and O–H groups in total. The molecule has 2 atom stereocenters. The van der Waals surface area contributed by atoms with Gasteiger partial charge in [0.05, 0.1) is 6.42 Å². The van der Waals surface area contributed by atoms with Gasteiger partial charge in [0.2, 0.25) is 5.91 Å². The van der Waals surface area contributed by atoms with Crippen molar-refractivity contribution in [2.45, 2.75) is 37.8 Å². The van der Waals surface area contributed by atoms with E-state index in [4.69, 9.17) is 0 Å². The predicted molar refractivity (Wildman–Crippen MR) is 76.4 cm³/mol. The van der Waals surface area contributed by atoms with Crippen LogP contribution in [0.15, 0.2) is 16.8 Å². The Labute approximate surface area is 118 Å². The number of thiophene rings is 1. The lowest BCUT2D eigenvalue weighted by molar-refractivity contribution is -0.130. The summed E-state index contributed by atoms with van der Waals surface area (Å²) in [6, 6.07) is 3.23. The second-order valence-corrected chi connectivity index (χ2v) is 5.85. The third kappa shape index (κ3) is 3.05. The van der Waals surface area contributed by atoms with Gasteiger partial charge < -0.3 is 10.2 Å². The maximum atomic E-state index is 12.2. The molecular formula is C13H19ClN2OS. The second-order valence-electron chi connectivity index (χ2n) is 5.07. The van der Waals surface area contributed by atoms with Crippen LogP contribution in [0.2, 0.25) is 0 Å². The highest BCUT2D eigenvalue weighted by Gasteiger charge is 2.30. The Morgan fingerprint density at radius 1 is 1.39 bits per heavy atom. The smallest absolute Gasteiger partial charge is 0.227 e. The molecule has 2 unspecified atom stereocenters. The topological polar surface area (TPSA) is 32.3 Å². The van der Waals surface area contributed by atoms with Crippen molar-refractivity contribution in [2.24, 2.45) is 0 Å². The number of carbonyl (C=O) groups excluding carboxylic acids is 1. The van der Waals surface area contributed by atoms with E-state index < -0.39 is 0 Å². The number of hydrogen-bond donors (Lipinski definition) is 1. The van der Waals surface area contributed by atoms with Gasteiger partial charge in [-0.2, -0.15) is 11.3 Å². The van der Waals surface area contributed by atoms with Gasteiger partial charge in [0.25, 0.3) is 0 Å². The summed E-state index contributed by atoms with van der Waals surface area (Å²) in [5.41, 5.74) is 1.15. The maximum Gasteiger partial charge on any atom is 0.227 e. The van der Waals surface area contributed by atoms with Crippen molar-refractivity contribution in [2.75, 3.05) is 13.1 Å². The number of halogens is 1. The lowest BCUT2D eigenvalue weighted by Gasteiger charge is -2.24. The standard InChI is InChI=1S/C13H18N2OS.ClH/c16-13(7-10-4-6-17-9-10)15-5-3-11-1-2-12(8-15)14-11;/h4,6,9,11-12,14H,1-3,5,7-8H2;1H. The Hall–Kier alpha value is -0.580. The molecule has 1 aromatic rings. The number of nitrogens with zero attached hydrogens (tertiary/aromatic N) is 1. The van der Waals surface area contributed by atoms with E-state index in [9.17, 15) is 4.79 Å². The van der Waals surface area contributed by atoms with Crippen LogP contribution in [0.4, 0.5) is 0 Å². The molecule has 0 radical (unpaired) electrons. The first-order valence-electron chi connectivity index (χ1n) is 6.36. The highest BCUT2D eigenvalue weighted by molar-refractivity contribution is 7.07. The molecule has 2 fully saturated rings. The minimum Gasteiger partial charge on any atom is -0.341 e. The molecule has 0 aliphatic carbocycles. The summed E-state index contributed by atoms with van der Waals surface area (Å²) in [5.74, 6) is 0.290. The van der Waals surface area contributed by atoms with Gasteiger partial charge in [-0.3, -0.25) is 4.79 Å². The normalized spacial score (nSPS) is 26.6. The number of rotatable bonds is 2. The van der Waals surface area contributed by atoms with E-state index in [0.717, 1.165) is 25.1 Å². The minimum absolute atomic E-state index is 0. The van der Waals surface area contributed by atoms with E-state index in [0.29, 0.717) is 18.5 Å². The first kappa shape index (κ1) is 13.8. The number of hydrogen-bond acceptors (Lipinski definition) is 3. The Bertz CT molecular complexity index is 396. The molecule has 1 amide bonds. The monoisotopic (exact) mass is 286 g/mol. The number of amides is 1. The summed E-state index contributed by atoms with van der Waals surface area (Å²) in [7, 11) is 0. The van der Waals surface area contributed by atoms with Crippen molar-refractivity contribution in [1.82, 2.24) is 10.2 Å². The van der Waals surface area contributed by atoms with Crippen LogP contribution in [0, 0.1) is 0 Å². The molecule has 0 aromatic carbocycles. The van der Waals surface area contributed by atoms with Crippen LogP contribution in [0.1, 0.15) is 24.8 Å². The fourth-order valence-corrected chi connectivity index (χ4v) is 3.52. The summed E-state index contributed by atoms with van der Waals surface area (Å²) in [5, 5.41) is 7.71. The van der Waals surface area contributed by atoms with Gasteiger partial charge >= 0.3 is 0 Å². The summed E-state index contributed by atoms with van der Waals surface area (Å²) < 4.78 is 0. The largest absolute Gasteiger partial charge is 0.341 e. The number of carbonyl (C=O) groups is 1. The number of nitrogens with one attached hydrogen (secondary N) is 1. The van der Waals surface area contributed by atoms with Crippen LogP contribution in [-0.4, -0.2) is 36.0 Å². The Kier molecular flexibility index (Phi) is 4.65. The van der Waals surface area contributed by atoms with Gasteiger partial charge in [0.1, 0.15) is 0 Å². The van der Waals surface area contributed by atoms with Crippen LogP contribution in [-0.2, 0) is 11.2 Å². The van der Waals surface area contributed by atoms with Gasteiger partial charge in [-0.05, 0) is 41.7 Å². The third-order valence-corrected chi connectivity index (χ3v) is 4.54. The summed E-state index contributed by atoms with van der Waals surface area (Å²) in [4.78, 5) is 14.2. The average Bonchev–Trinajstić information content (AvgIpc) is 2.88. The zero-order valence-corrected chi connectivity index (χ0v) is 11.9. The van der Waals surface area contributed by atoms with Crippen molar-refractivity contribution in [3.05, 3.63) is 22.4 Å². The molecule has 3 rings (SSSR count). The van der Waals surface area contributed by atoms with Crippen LogP contribution >= 0.6 is 23.7 Å². The van der Waals surface area contributed by atoms with Crippen molar-refractivity contribution < 1.29 is 4.79 Å². The zero-order chi connectivity index (χ0) is 11.7. The van der Waals surface area contributed by atoms with Crippen molar-refractivity contribution in [3.63, 3.8) is 0 Å². The molecule has 0 spiro atoms. The van der Waals surface area contributed by atoms with Gasteiger partial charge in [-0.1, -0.05) is 0 Å². The molecule has 2 aliphatic heterocycles. The average molecular weight is 287 g/mol. The first-order valence-corrected chi connectivity index (χ1v) is 7.30. The van der Waals surface area contributed by atoms with Gasteiger partial charge in [-0.25, -0.2) is 0 Å². The summed E-state index contributed by atoms with van der Waals surface area (Å²) >= 11 is 1.66. The minimum atomic E-state index is 0. The molecule has 3 heterocycles. The summed E-state index contributed by atoms with van der Waals surface area (Å²) in [6.45, 7) is 1.83. The van der Waals surface area contributed by atoms with Gasteiger partial charge in [-0.15, -0.1) is 12.4 Å². The van der Waals surface area contributed by atoms with E-state index in [1.807, 2.05) is 11.4 Å². The molecule has 5 heteroatoms. The number of likely N-dealkylation sites (tertiary alicyclic amines) is 1. The van der Waals surface area contributed by atoms with Crippen molar-refractivity contribution in [3.8, 4) is 0 Å². The molecule has 1 aromatic heterocycles. The molecule has 18 heavy (non-hydrogen) atoms. The number of fused-ring (bicyclic) bond motifs is 2. The molecule has 2 aliphatic rings. The van der Waals surface area contributed by atoms with Crippen molar-refractivity contribution in [1.29, 1.82) is 0 Å². The molecule has 3 nitrogen and oxygen atoms in total. The van der Waals surface area contributed by atoms with Crippen LogP contribution in [0.5, 0.6) is 0 Å². The van der Waals surface area contributed by atoms with Crippen LogP contribution in [0.3, 0.4) is 0 Å². The molecular weight excluding hydrogens is 268 g/mol. The van der Waals surface area contributed by atoms with E-state index in [2.05, 4.69) is 15.6 Å². The highest BCUT2D eigenvalue weighted by Crippen LogP contribution is 2.21. The quantitative estimate of drug-likeness (QED) is 0.903. The highest BCUT2D eigenvalue weighted by atomic mass is 35.5. The zero-order valence-electron chi connectivity index (χ0n) is 10.3. The van der Waals surface area contributed by atoms with E-state index in [1.165, 1.54) is 12.8 Å². The van der Waals surface area contributed by atoms with Gasteiger partial charge in [0.15, 0.2) is 0 Å². The van der Waals surface area contributed by atoms with E-state index in [1.54, 1.807) is 11.3 Å². The Balaban J connectivity index is 0.00000120. The van der Waals surface area contributed by atoms with Crippen LogP contribution in [0.25, 0.3) is 0 Å². The SMILES string of the molecule is Cl.O=C(Cc1ccsc1)N1CCC2CCC(C1)N2.